The van der Waals surface area contributed by atoms with E-state index in [-0.39, 0.29) is 5.91 Å². The number of rotatable bonds is 3. The Labute approximate surface area is 98.4 Å². The molecule has 0 aliphatic rings. The van der Waals surface area contributed by atoms with Crippen LogP contribution < -0.4 is 5.32 Å². The summed E-state index contributed by atoms with van der Waals surface area (Å²) in [6, 6.07) is 7.71. The normalized spacial score (nSPS) is 12.6. The maximum Gasteiger partial charge on any atom is 0.238 e. The van der Waals surface area contributed by atoms with Gasteiger partial charge in [0.05, 0.1) is 6.26 Å². The largest absolute Gasteiger partial charge is 0.464 e. The van der Waals surface area contributed by atoms with E-state index in [1.807, 2.05) is 24.3 Å². The lowest BCUT2D eigenvalue weighted by Crippen LogP contribution is -2.28. The van der Waals surface area contributed by atoms with E-state index in [0.717, 1.165) is 16.5 Å². The Hall–Kier alpha value is -1.48. The summed E-state index contributed by atoms with van der Waals surface area (Å²) in [5, 5.41) is 3.25. The molecule has 2 aromatic rings. The van der Waals surface area contributed by atoms with Gasteiger partial charge >= 0.3 is 0 Å². The van der Waals surface area contributed by atoms with Crippen molar-refractivity contribution in [3.8, 4) is 0 Å². The Morgan fingerprint density at radius 1 is 1.50 bits per heavy atom. The van der Waals surface area contributed by atoms with Crippen molar-refractivity contribution in [2.24, 2.45) is 0 Å². The number of furan rings is 1. The molecule has 1 aromatic heterocycles. The number of halogens is 1. The molecule has 0 radical (unpaired) electrons. The molecule has 84 valence electrons. The number of benzene rings is 1. The second-order valence-electron chi connectivity index (χ2n) is 3.59. The van der Waals surface area contributed by atoms with E-state index < -0.39 is 5.38 Å². The number of hydrogen-bond donors (Lipinski definition) is 1. The van der Waals surface area contributed by atoms with Gasteiger partial charge in [-0.15, -0.1) is 11.6 Å². The summed E-state index contributed by atoms with van der Waals surface area (Å²) in [7, 11) is 0. The van der Waals surface area contributed by atoms with Crippen molar-refractivity contribution in [3.63, 3.8) is 0 Å². The van der Waals surface area contributed by atoms with Gasteiger partial charge in [-0.1, -0.05) is 18.2 Å². The van der Waals surface area contributed by atoms with Crippen LogP contribution in [-0.4, -0.2) is 11.3 Å². The van der Waals surface area contributed by atoms with Crippen LogP contribution in [0.3, 0.4) is 0 Å². The summed E-state index contributed by atoms with van der Waals surface area (Å²) in [5.74, 6) is -0.174. The Bertz CT molecular complexity index is 504. The number of hydrogen-bond acceptors (Lipinski definition) is 2. The molecule has 1 atom stereocenters. The minimum Gasteiger partial charge on any atom is -0.464 e. The van der Waals surface area contributed by atoms with Crippen molar-refractivity contribution in [2.45, 2.75) is 18.8 Å². The first-order valence-corrected chi connectivity index (χ1v) is 5.49. The number of nitrogens with one attached hydrogen (secondary N) is 1. The van der Waals surface area contributed by atoms with Crippen molar-refractivity contribution in [3.05, 3.63) is 36.1 Å². The third kappa shape index (κ3) is 2.19. The number of alkyl halides is 1. The molecular formula is C12H12ClNO2. The molecule has 4 heteroatoms. The van der Waals surface area contributed by atoms with Gasteiger partial charge in [-0.3, -0.25) is 4.79 Å². The third-order valence-corrected chi connectivity index (χ3v) is 2.57. The van der Waals surface area contributed by atoms with Crippen LogP contribution in [0, 0.1) is 0 Å². The molecule has 0 saturated heterocycles. The standard InChI is InChI=1S/C12H12ClNO2/c1-8(13)12(15)14-6-9-7-16-11-5-3-2-4-10(9)11/h2-5,7-8H,6H2,1H3,(H,14,15). The molecule has 1 unspecified atom stereocenters. The van der Waals surface area contributed by atoms with Crippen molar-refractivity contribution in [1.82, 2.24) is 5.32 Å². The molecule has 1 N–H and O–H groups in total. The Morgan fingerprint density at radius 2 is 2.25 bits per heavy atom. The third-order valence-electron chi connectivity index (χ3n) is 2.38. The quantitative estimate of drug-likeness (QED) is 0.834. The second kappa shape index (κ2) is 4.58. The topological polar surface area (TPSA) is 42.2 Å². The lowest BCUT2D eigenvalue weighted by atomic mass is 10.2. The molecule has 1 amide bonds. The summed E-state index contributed by atoms with van der Waals surface area (Å²) >= 11 is 5.65. The molecule has 0 saturated carbocycles. The first-order chi connectivity index (χ1) is 7.68. The fourth-order valence-electron chi connectivity index (χ4n) is 1.49. The van der Waals surface area contributed by atoms with E-state index in [0.29, 0.717) is 6.54 Å². The molecule has 16 heavy (non-hydrogen) atoms. The monoisotopic (exact) mass is 237 g/mol. The van der Waals surface area contributed by atoms with Crippen molar-refractivity contribution < 1.29 is 9.21 Å². The molecule has 0 bridgehead atoms. The average molecular weight is 238 g/mol. The van der Waals surface area contributed by atoms with Crippen molar-refractivity contribution in [1.29, 1.82) is 0 Å². The zero-order valence-corrected chi connectivity index (χ0v) is 9.62. The van der Waals surface area contributed by atoms with Gasteiger partial charge < -0.3 is 9.73 Å². The summed E-state index contributed by atoms with van der Waals surface area (Å²) in [4.78, 5) is 11.3. The Morgan fingerprint density at radius 3 is 3.00 bits per heavy atom. The lowest BCUT2D eigenvalue weighted by molar-refractivity contribution is -0.120. The van der Waals surface area contributed by atoms with Crippen LogP contribution in [0.25, 0.3) is 11.0 Å². The summed E-state index contributed by atoms with van der Waals surface area (Å²) < 4.78 is 5.36. The number of amides is 1. The van der Waals surface area contributed by atoms with E-state index in [1.165, 1.54) is 0 Å². The van der Waals surface area contributed by atoms with Crippen LogP contribution in [-0.2, 0) is 11.3 Å². The molecule has 0 aliphatic heterocycles. The van der Waals surface area contributed by atoms with Gasteiger partial charge in [0.1, 0.15) is 11.0 Å². The first kappa shape index (κ1) is 11.0. The van der Waals surface area contributed by atoms with E-state index in [2.05, 4.69) is 5.32 Å². The highest BCUT2D eigenvalue weighted by molar-refractivity contribution is 6.30. The second-order valence-corrected chi connectivity index (χ2v) is 4.25. The van der Waals surface area contributed by atoms with Crippen LogP contribution in [0.1, 0.15) is 12.5 Å². The maximum atomic E-state index is 11.3. The minimum absolute atomic E-state index is 0.174. The molecule has 0 aliphatic carbocycles. The van der Waals surface area contributed by atoms with Crippen molar-refractivity contribution >= 4 is 28.5 Å². The first-order valence-electron chi connectivity index (χ1n) is 5.05. The maximum absolute atomic E-state index is 11.3. The summed E-state index contributed by atoms with van der Waals surface area (Å²) in [6.07, 6.45) is 1.66. The predicted octanol–water partition coefficient (Wildman–Crippen LogP) is 2.68. The molecule has 1 aromatic carbocycles. The molecular weight excluding hydrogens is 226 g/mol. The average Bonchev–Trinajstić information content (AvgIpc) is 2.69. The molecule has 2 rings (SSSR count). The van der Waals surface area contributed by atoms with E-state index in [1.54, 1.807) is 13.2 Å². The smallest absolute Gasteiger partial charge is 0.238 e. The van der Waals surface area contributed by atoms with Gasteiger partial charge in [0.25, 0.3) is 0 Å². The van der Waals surface area contributed by atoms with Gasteiger partial charge in [-0.2, -0.15) is 0 Å². The SMILES string of the molecule is CC(Cl)C(=O)NCc1coc2ccccc12. The fraction of sp³-hybridized carbons (Fsp3) is 0.250. The zero-order valence-electron chi connectivity index (χ0n) is 8.87. The van der Waals surface area contributed by atoms with Gasteiger partial charge in [0.2, 0.25) is 5.91 Å². The fourth-order valence-corrected chi connectivity index (χ4v) is 1.57. The number of para-hydroxylation sites is 1. The Balaban J connectivity index is 2.13. The van der Waals surface area contributed by atoms with Crippen LogP contribution in [0.5, 0.6) is 0 Å². The van der Waals surface area contributed by atoms with Gasteiger partial charge in [-0.05, 0) is 13.0 Å². The lowest BCUT2D eigenvalue weighted by Gasteiger charge is -2.04. The highest BCUT2D eigenvalue weighted by Gasteiger charge is 2.10. The van der Waals surface area contributed by atoms with Gasteiger partial charge in [0.15, 0.2) is 0 Å². The van der Waals surface area contributed by atoms with Crippen LogP contribution in [0.4, 0.5) is 0 Å². The number of carbonyl (C=O) groups is 1. The Kier molecular flexibility index (Phi) is 3.15. The summed E-state index contributed by atoms with van der Waals surface area (Å²) in [5.41, 5.74) is 1.78. The van der Waals surface area contributed by atoms with E-state index in [4.69, 9.17) is 16.0 Å². The van der Waals surface area contributed by atoms with Crippen LogP contribution in [0.15, 0.2) is 34.9 Å². The van der Waals surface area contributed by atoms with Gasteiger partial charge in [-0.25, -0.2) is 0 Å². The van der Waals surface area contributed by atoms with Gasteiger partial charge in [0, 0.05) is 17.5 Å². The van der Waals surface area contributed by atoms with E-state index in [9.17, 15) is 4.79 Å². The van der Waals surface area contributed by atoms with Crippen LogP contribution in [0.2, 0.25) is 0 Å². The number of fused-ring (bicyclic) bond motifs is 1. The van der Waals surface area contributed by atoms with Crippen LogP contribution >= 0.6 is 11.6 Å². The van der Waals surface area contributed by atoms with E-state index >= 15 is 0 Å². The highest BCUT2D eigenvalue weighted by atomic mass is 35.5. The molecule has 1 heterocycles. The highest BCUT2D eigenvalue weighted by Crippen LogP contribution is 2.20. The molecule has 0 spiro atoms. The number of carbonyl (C=O) groups excluding carboxylic acids is 1. The zero-order chi connectivity index (χ0) is 11.5. The summed E-state index contributed by atoms with van der Waals surface area (Å²) in [6.45, 7) is 2.08. The molecule has 0 fully saturated rings. The molecule has 3 nitrogen and oxygen atoms in total. The minimum atomic E-state index is -0.516. The predicted molar refractivity (Wildman–Crippen MR) is 63.4 cm³/mol. The van der Waals surface area contributed by atoms with Crippen molar-refractivity contribution in [2.75, 3.05) is 0 Å².